The Bertz CT molecular complexity index is 383. The Labute approximate surface area is 85.4 Å². The molecule has 1 rings (SSSR count). The van der Waals surface area contributed by atoms with E-state index in [1.54, 1.807) is 0 Å². The second-order valence-corrected chi connectivity index (χ2v) is 3.28. The van der Waals surface area contributed by atoms with Crippen molar-refractivity contribution in [2.45, 2.75) is 6.43 Å². The molecule has 0 amide bonds. The van der Waals surface area contributed by atoms with Crippen LogP contribution < -0.4 is 0 Å². The average Bonchev–Trinajstić information content (AvgIpc) is 2.08. The monoisotopic (exact) mass is 267 g/mol. The van der Waals surface area contributed by atoms with Crippen molar-refractivity contribution in [3.8, 4) is 5.75 Å². The van der Waals surface area contributed by atoms with Gasteiger partial charge in [0.15, 0.2) is 0 Å². The number of nitro benzene ring substituents is 1. The highest BCUT2D eigenvalue weighted by atomic mass is 79.9. The molecule has 0 unspecified atom stereocenters. The van der Waals surface area contributed by atoms with Crippen molar-refractivity contribution in [3.63, 3.8) is 0 Å². The van der Waals surface area contributed by atoms with Gasteiger partial charge in [0, 0.05) is 11.6 Å². The average molecular weight is 268 g/mol. The molecule has 7 heteroatoms. The Kier molecular flexibility index (Phi) is 3.00. The van der Waals surface area contributed by atoms with Crippen LogP contribution in [0.15, 0.2) is 16.6 Å². The fourth-order valence-corrected chi connectivity index (χ4v) is 1.34. The second kappa shape index (κ2) is 3.87. The summed E-state index contributed by atoms with van der Waals surface area (Å²) in [6, 6.07) is 1.58. The van der Waals surface area contributed by atoms with Crippen LogP contribution in [0.25, 0.3) is 0 Å². The van der Waals surface area contributed by atoms with Crippen LogP contribution in [-0.2, 0) is 0 Å². The first kappa shape index (κ1) is 10.8. The number of phenolic OH excluding ortho intramolecular Hbond substituents is 1. The molecule has 0 spiro atoms. The molecule has 0 aliphatic carbocycles. The van der Waals surface area contributed by atoms with Gasteiger partial charge in [-0.1, -0.05) is 0 Å². The zero-order valence-corrected chi connectivity index (χ0v) is 8.16. The van der Waals surface area contributed by atoms with Crippen molar-refractivity contribution in [1.82, 2.24) is 0 Å². The van der Waals surface area contributed by atoms with Crippen LogP contribution in [0, 0.1) is 10.1 Å². The first-order chi connectivity index (χ1) is 6.43. The van der Waals surface area contributed by atoms with Crippen molar-refractivity contribution in [2.75, 3.05) is 0 Å². The lowest BCUT2D eigenvalue weighted by Crippen LogP contribution is -1.92. The summed E-state index contributed by atoms with van der Waals surface area (Å²) in [6.45, 7) is 0. The van der Waals surface area contributed by atoms with Crippen LogP contribution in [0.5, 0.6) is 5.75 Å². The standard InChI is InChI=1S/C7H4BrF2NO3/c8-4-1-3(7(9)10)2-5(6(4)12)11(13)14/h1-2,7,12H. The molecule has 0 bridgehead atoms. The topological polar surface area (TPSA) is 63.4 Å². The summed E-state index contributed by atoms with van der Waals surface area (Å²) in [4.78, 5) is 9.40. The molecule has 4 nitrogen and oxygen atoms in total. The number of benzene rings is 1. The van der Waals surface area contributed by atoms with E-state index in [1.165, 1.54) is 0 Å². The number of halogens is 3. The van der Waals surface area contributed by atoms with Crippen LogP contribution in [0.1, 0.15) is 12.0 Å². The molecule has 0 atom stereocenters. The molecular weight excluding hydrogens is 264 g/mol. The minimum absolute atomic E-state index is 0.123. The predicted octanol–water partition coefficient (Wildman–Crippen LogP) is 3.00. The van der Waals surface area contributed by atoms with Crippen molar-refractivity contribution in [2.24, 2.45) is 0 Å². The second-order valence-electron chi connectivity index (χ2n) is 2.43. The van der Waals surface area contributed by atoms with Crippen molar-refractivity contribution in [1.29, 1.82) is 0 Å². The Morgan fingerprint density at radius 3 is 2.50 bits per heavy atom. The third-order valence-corrected chi connectivity index (χ3v) is 2.12. The summed E-state index contributed by atoms with van der Waals surface area (Å²) >= 11 is 2.75. The number of phenols is 1. The van der Waals surface area contributed by atoms with E-state index in [9.17, 15) is 18.9 Å². The lowest BCUT2D eigenvalue weighted by molar-refractivity contribution is -0.386. The minimum atomic E-state index is -2.81. The highest BCUT2D eigenvalue weighted by molar-refractivity contribution is 9.10. The molecule has 0 aliphatic rings. The first-order valence-corrected chi connectivity index (χ1v) is 4.17. The van der Waals surface area contributed by atoms with Gasteiger partial charge < -0.3 is 5.11 Å². The zero-order chi connectivity index (χ0) is 10.9. The van der Waals surface area contributed by atoms with Gasteiger partial charge in [-0.2, -0.15) is 0 Å². The van der Waals surface area contributed by atoms with E-state index >= 15 is 0 Å². The van der Waals surface area contributed by atoms with Crippen LogP contribution in [0.3, 0.4) is 0 Å². The molecule has 0 radical (unpaired) electrons. The molecule has 14 heavy (non-hydrogen) atoms. The molecular formula is C7H4BrF2NO3. The molecule has 1 aromatic rings. The summed E-state index contributed by atoms with van der Waals surface area (Å²) in [5.74, 6) is -0.653. The third kappa shape index (κ3) is 1.98. The molecule has 0 saturated heterocycles. The van der Waals surface area contributed by atoms with E-state index in [-0.39, 0.29) is 4.47 Å². The molecule has 0 fully saturated rings. The first-order valence-electron chi connectivity index (χ1n) is 3.38. The van der Waals surface area contributed by atoms with Gasteiger partial charge in [0.1, 0.15) is 0 Å². The summed E-state index contributed by atoms with van der Waals surface area (Å²) in [5.41, 5.74) is -1.25. The van der Waals surface area contributed by atoms with Crippen LogP contribution in [0.4, 0.5) is 14.5 Å². The van der Waals surface area contributed by atoms with Crippen LogP contribution in [-0.4, -0.2) is 10.0 Å². The summed E-state index contributed by atoms with van der Waals surface area (Å²) in [5, 5.41) is 19.5. The van der Waals surface area contributed by atoms with Gasteiger partial charge in [-0.15, -0.1) is 0 Å². The van der Waals surface area contributed by atoms with Crippen molar-refractivity contribution in [3.05, 3.63) is 32.3 Å². The molecule has 76 valence electrons. The Balaban J connectivity index is 3.35. The minimum Gasteiger partial charge on any atom is -0.501 e. The lowest BCUT2D eigenvalue weighted by atomic mass is 10.2. The highest BCUT2D eigenvalue weighted by Gasteiger charge is 2.21. The Hall–Kier alpha value is -1.24. The van der Waals surface area contributed by atoms with E-state index in [0.717, 1.165) is 6.07 Å². The number of aromatic hydroxyl groups is 1. The molecule has 1 N–H and O–H groups in total. The van der Waals surface area contributed by atoms with Gasteiger partial charge in [-0.05, 0) is 22.0 Å². The van der Waals surface area contributed by atoms with Gasteiger partial charge in [-0.25, -0.2) is 8.78 Å². The number of rotatable bonds is 2. The maximum Gasteiger partial charge on any atom is 0.312 e. The van der Waals surface area contributed by atoms with Crippen molar-refractivity contribution < 1.29 is 18.8 Å². The van der Waals surface area contributed by atoms with Gasteiger partial charge >= 0.3 is 5.69 Å². The van der Waals surface area contributed by atoms with E-state index < -0.39 is 28.3 Å². The number of alkyl halides is 2. The summed E-state index contributed by atoms with van der Waals surface area (Å²) < 4.78 is 24.3. The van der Waals surface area contributed by atoms with Crippen molar-refractivity contribution >= 4 is 21.6 Å². The molecule has 0 aliphatic heterocycles. The largest absolute Gasteiger partial charge is 0.501 e. The summed E-state index contributed by atoms with van der Waals surface area (Å²) in [6.07, 6.45) is -2.81. The highest BCUT2D eigenvalue weighted by Crippen LogP contribution is 2.37. The zero-order valence-electron chi connectivity index (χ0n) is 6.58. The van der Waals surface area contributed by atoms with Gasteiger partial charge in [-0.3, -0.25) is 10.1 Å². The maximum absolute atomic E-state index is 12.2. The van der Waals surface area contributed by atoms with E-state index in [0.29, 0.717) is 6.07 Å². The van der Waals surface area contributed by atoms with Crippen LogP contribution >= 0.6 is 15.9 Å². The fourth-order valence-electron chi connectivity index (χ4n) is 0.870. The van der Waals surface area contributed by atoms with Gasteiger partial charge in [0.2, 0.25) is 5.75 Å². The van der Waals surface area contributed by atoms with Gasteiger partial charge in [0.25, 0.3) is 6.43 Å². The lowest BCUT2D eigenvalue weighted by Gasteiger charge is -2.03. The predicted molar refractivity (Wildman–Crippen MR) is 47.4 cm³/mol. The molecule has 0 heterocycles. The molecule has 0 aromatic heterocycles. The fraction of sp³-hybridized carbons (Fsp3) is 0.143. The van der Waals surface area contributed by atoms with Gasteiger partial charge in [0.05, 0.1) is 9.40 Å². The quantitative estimate of drug-likeness (QED) is 0.662. The van der Waals surface area contributed by atoms with E-state index in [2.05, 4.69) is 15.9 Å². The number of nitrogens with zero attached hydrogens (tertiary/aromatic N) is 1. The normalized spacial score (nSPS) is 10.6. The number of hydrogen-bond acceptors (Lipinski definition) is 3. The Morgan fingerprint density at radius 1 is 1.50 bits per heavy atom. The molecule has 0 saturated carbocycles. The number of hydrogen-bond donors (Lipinski definition) is 1. The van der Waals surface area contributed by atoms with E-state index in [4.69, 9.17) is 5.11 Å². The SMILES string of the molecule is O=[N+]([O-])c1cc(C(F)F)cc(Br)c1O. The Morgan fingerprint density at radius 2 is 2.07 bits per heavy atom. The summed E-state index contributed by atoms with van der Waals surface area (Å²) in [7, 11) is 0. The molecule has 1 aromatic carbocycles. The number of nitro groups is 1. The third-order valence-electron chi connectivity index (χ3n) is 1.51. The van der Waals surface area contributed by atoms with Crippen LogP contribution in [0.2, 0.25) is 0 Å². The maximum atomic E-state index is 12.2. The van der Waals surface area contributed by atoms with E-state index in [1.807, 2.05) is 0 Å². The smallest absolute Gasteiger partial charge is 0.312 e.